The molecule has 0 aliphatic heterocycles. The molecular formula is C17H29NO2. The van der Waals surface area contributed by atoms with Crippen LogP contribution in [0.2, 0.25) is 0 Å². The van der Waals surface area contributed by atoms with Gasteiger partial charge >= 0.3 is 0 Å². The summed E-state index contributed by atoms with van der Waals surface area (Å²) in [6, 6.07) is 7.92. The number of nitrogens with one attached hydrogen (secondary N) is 1. The molecule has 1 aromatic rings. The first-order chi connectivity index (χ1) is 9.88. The molecule has 0 unspecified atom stereocenters. The zero-order valence-corrected chi connectivity index (χ0v) is 13.0. The maximum absolute atomic E-state index is 5.82. The van der Waals surface area contributed by atoms with Gasteiger partial charge in [-0.15, -0.1) is 0 Å². The van der Waals surface area contributed by atoms with Crippen molar-refractivity contribution in [3.05, 3.63) is 24.3 Å². The number of benzene rings is 1. The first-order valence-electron chi connectivity index (χ1n) is 7.93. The molecule has 0 heterocycles. The number of rotatable bonds is 12. The Labute approximate surface area is 123 Å². The van der Waals surface area contributed by atoms with Crippen molar-refractivity contribution in [3.8, 4) is 11.5 Å². The summed E-state index contributed by atoms with van der Waals surface area (Å²) in [4.78, 5) is 0. The summed E-state index contributed by atoms with van der Waals surface area (Å²) in [5, 5.41) is 3.42. The van der Waals surface area contributed by atoms with Crippen LogP contribution in [0.15, 0.2) is 24.3 Å². The normalized spacial score (nSPS) is 10.5. The van der Waals surface area contributed by atoms with Crippen molar-refractivity contribution in [3.63, 3.8) is 0 Å². The molecule has 0 fully saturated rings. The second-order valence-corrected chi connectivity index (χ2v) is 4.95. The minimum atomic E-state index is 0.740. The van der Waals surface area contributed by atoms with Gasteiger partial charge in [-0.2, -0.15) is 0 Å². The van der Waals surface area contributed by atoms with E-state index >= 15 is 0 Å². The highest BCUT2D eigenvalue weighted by atomic mass is 16.5. The van der Waals surface area contributed by atoms with E-state index in [1.54, 1.807) is 0 Å². The quantitative estimate of drug-likeness (QED) is 0.586. The molecular weight excluding hydrogens is 250 g/mol. The van der Waals surface area contributed by atoms with Gasteiger partial charge < -0.3 is 14.8 Å². The third-order valence-corrected chi connectivity index (χ3v) is 2.99. The molecule has 0 spiro atoms. The average molecular weight is 279 g/mol. The van der Waals surface area contributed by atoms with Crippen molar-refractivity contribution < 1.29 is 9.47 Å². The second kappa shape index (κ2) is 11.6. The molecule has 1 N–H and O–H groups in total. The van der Waals surface area contributed by atoms with Crippen LogP contribution in [0.5, 0.6) is 11.5 Å². The van der Waals surface area contributed by atoms with Gasteiger partial charge in [-0.05, 0) is 57.3 Å². The Balaban J connectivity index is 2.15. The van der Waals surface area contributed by atoms with Gasteiger partial charge in [-0.25, -0.2) is 0 Å². The lowest BCUT2D eigenvalue weighted by Crippen LogP contribution is -2.15. The van der Waals surface area contributed by atoms with Crippen molar-refractivity contribution in [1.29, 1.82) is 0 Å². The summed E-state index contributed by atoms with van der Waals surface area (Å²) < 4.78 is 11.5. The molecule has 0 aromatic heterocycles. The van der Waals surface area contributed by atoms with Crippen LogP contribution in [-0.4, -0.2) is 26.3 Å². The third kappa shape index (κ3) is 7.39. The number of ether oxygens (including phenoxy) is 2. The van der Waals surface area contributed by atoms with Gasteiger partial charge in [0.25, 0.3) is 0 Å². The molecule has 0 saturated heterocycles. The van der Waals surface area contributed by atoms with E-state index in [1.807, 2.05) is 24.3 Å². The smallest absolute Gasteiger partial charge is 0.161 e. The minimum Gasteiger partial charge on any atom is -0.490 e. The molecule has 0 saturated carbocycles. The van der Waals surface area contributed by atoms with Gasteiger partial charge in [0, 0.05) is 0 Å². The third-order valence-electron chi connectivity index (χ3n) is 2.99. The van der Waals surface area contributed by atoms with Crippen LogP contribution in [0.4, 0.5) is 0 Å². The molecule has 0 bridgehead atoms. The first-order valence-corrected chi connectivity index (χ1v) is 7.93. The Morgan fingerprint density at radius 1 is 0.800 bits per heavy atom. The molecule has 20 heavy (non-hydrogen) atoms. The molecule has 0 aliphatic rings. The Morgan fingerprint density at radius 2 is 1.50 bits per heavy atom. The van der Waals surface area contributed by atoms with Gasteiger partial charge in [-0.3, -0.25) is 0 Å². The van der Waals surface area contributed by atoms with E-state index < -0.39 is 0 Å². The van der Waals surface area contributed by atoms with Crippen molar-refractivity contribution in [2.24, 2.45) is 0 Å². The van der Waals surface area contributed by atoms with E-state index in [9.17, 15) is 0 Å². The SMILES string of the molecule is CCCNCCCCCOc1ccccc1OCCC. The van der Waals surface area contributed by atoms with Crippen LogP contribution in [-0.2, 0) is 0 Å². The fourth-order valence-electron chi connectivity index (χ4n) is 1.91. The van der Waals surface area contributed by atoms with Crippen LogP contribution >= 0.6 is 0 Å². The van der Waals surface area contributed by atoms with Crippen LogP contribution in [0.1, 0.15) is 46.0 Å². The minimum absolute atomic E-state index is 0.740. The van der Waals surface area contributed by atoms with Crippen LogP contribution in [0.3, 0.4) is 0 Å². The van der Waals surface area contributed by atoms with E-state index in [1.165, 1.54) is 19.3 Å². The van der Waals surface area contributed by atoms with Crippen molar-refractivity contribution >= 4 is 0 Å². The zero-order valence-electron chi connectivity index (χ0n) is 13.0. The summed E-state index contributed by atoms with van der Waals surface area (Å²) in [6.07, 6.45) is 5.73. The summed E-state index contributed by atoms with van der Waals surface area (Å²) in [5.41, 5.74) is 0. The Morgan fingerprint density at radius 3 is 2.15 bits per heavy atom. The highest BCUT2D eigenvalue weighted by molar-refractivity contribution is 5.39. The largest absolute Gasteiger partial charge is 0.490 e. The molecule has 3 heteroatoms. The van der Waals surface area contributed by atoms with E-state index in [-0.39, 0.29) is 0 Å². The molecule has 0 amide bonds. The molecule has 1 aromatic carbocycles. The van der Waals surface area contributed by atoms with Gasteiger partial charge in [-0.1, -0.05) is 26.0 Å². The standard InChI is InChI=1S/C17H29NO2/c1-3-12-18-13-8-5-9-15-20-17-11-7-6-10-16(17)19-14-4-2/h6-7,10-11,18H,3-5,8-9,12-15H2,1-2H3. The summed E-state index contributed by atoms with van der Waals surface area (Å²) in [6.45, 7) is 8.04. The molecule has 0 radical (unpaired) electrons. The Hall–Kier alpha value is -1.22. The van der Waals surface area contributed by atoms with E-state index in [0.717, 1.165) is 50.6 Å². The molecule has 3 nitrogen and oxygen atoms in total. The maximum atomic E-state index is 5.82. The lowest BCUT2D eigenvalue weighted by Gasteiger charge is -2.12. The number of hydrogen-bond donors (Lipinski definition) is 1. The van der Waals surface area contributed by atoms with Gasteiger partial charge in [0.2, 0.25) is 0 Å². The predicted octanol–water partition coefficient (Wildman–Crippen LogP) is 4.02. The van der Waals surface area contributed by atoms with E-state index in [4.69, 9.17) is 9.47 Å². The molecule has 0 atom stereocenters. The topological polar surface area (TPSA) is 30.5 Å². The van der Waals surface area contributed by atoms with Gasteiger partial charge in [0.15, 0.2) is 11.5 Å². The summed E-state index contributed by atoms with van der Waals surface area (Å²) in [5.74, 6) is 1.73. The fourth-order valence-corrected chi connectivity index (χ4v) is 1.91. The van der Waals surface area contributed by atoms with Gasteiger partial charge in [0.1, 0.15) is 0 Å². The Kier molecular flexibility index (Phi) is 9.76. The number of unbranched alkanes of at least 4 members (excludes halogenated alkanes) is 2. The van der Waals surface area contributed by atoms with Crippen LogP contribution in [0, 0.1) is 0 Å². The van der Waals surface area contributed by atoms with Gasteiger partial charge in [0.05, 0.1) is 13.2 Å². The molecule has 1 rings (SSSR count). The lowest BCUT2D eigenvalue weighted by molar-refractivity contribution is 0.263. The average Bonchev–Trinajstić information content (AvgIpc) is 2.49. The lowest BCUT2D eigenvalue weighted by atomic mass is 10.2. The monoisotopic (exact) mass is 279 g/mol. The van der Waals surface area contributed by atoms with Crippen LogP contribution in [0.25, 0.3) is 0 Å². The molecule has 114 valence electrons. The first kappa shape index (κ1) is 16.8. The highest BCUT2D eigenvalue weighted by Crippen LogP contribution is 2.26. The zero-order chi connectivity index (χ0) is 14.5. The Bertz CT molecular complexity index is 342. The molecule has 0 aliphatic carbocycles. The maximum Gasteiger partial charge on any atom is 0.161 e. The predicted molar refractivity (Wildman–Crippen MR) is 84.7 cm³/mol. The fraction of sp³-hybridized carbons (Fsp3) is 0.647. The summed E-state index contributed by atoms with van der Waals surface area (Å²) in [7, 11) is 0. The van der Waals surface area contributed by atoms with Crippen molar-refractivity contribution in [2.75, 3.05) is 26.3 Å². The summed E-state index contributed by atoms with van der Waals surface area (Å²) >= 11 is 0. The highest BCUT2D eigenvalue weighted by Gasteiger charge is 2.03. The second-order valence-electron chi connectivity index (χ2n) is 4.95. The van der Waals surface area contributed by atoms with E-state index in [2.05, 4.69) is 19.2 Å². The van der Waals surface area contributed by atoms with Crippen molar-refractivity contribution in [1.82, 2.24) is 5.32 Å². The van der Waals surface area contributed by atoms with Crippen LogP contribution < -0.4 is 14.8 Å². The van der Waals surface area contributed by atoms with E-state index in [0.29, 0.717) is 0 Å². The number of hydrogen-bond acceptors (Lipinski definition) is 3. The number of para-hydroxylation sites is 2. The van der Waals surface area contributed by atoms with Crippen molar-refractivity contribution in [2.45, 2.75) is 46.0 Å².